The van der Waals surface area contributed by atoms with E-state index in [1.165, 1.54) is 36.7 Å². The molecule has 0 saturated carbocycles. The van der Waals surface area contributed by atoms with Crippen LogP contribution in [0.25, 0.3) is 0 Å². The van der Waals surface area contributed by atoms with Crippen molar-refractivity contribution in [1.82, 2.24) is 14.9 Å². The number of carbonyl (C=O) groups excluding carboxylic acids is 1. The van der Waals surface area contributed by atoms with E-state index in [-0.39, 0.29) is 31.2 Å². The number of nitrogens with one attached hydrogen (secondary N) is 1. The molecule has 1 aromatic carbocycles. The van der Waals surface area contributed by atoms with Gasteiger partial charge in [0.2, 0.25) is 5.91 Å². The molecule has 0 aliphatic carbocycles. The van der Waals surface area contributed by atoms with Crippen LogP contribution < -0.4 is 10.1 Å². The molecular formula is C25H25F3N4O2. The number of anilines is 1. The lowest BCUT2D eigenvalue weighted by molar-refractivity contribution is -0.125. The average Bonchev–Trinajstić information content (AvgIpc) is 2.81. The molecule has 3 aromatic rings. The van der Waals surface area contributed by atoms with E-state index < -0.39 is 17.9 Å². The fourth-order valence-electron chi connectivity index (χ4n) is 3.96. The van der Waals surface area contributed by atoms with E-state index in [1.807, 2.05) is 0 Å². The number of carbonyl (C=O) groups is 1. The Balaban J connectivity index is 1.38. The van der Waals surface area contributed by atoms with Gasteiger partial charge >= 0.3 is 0 Å². The van der Waals surface area contributed by atoms with Crippen LogP contribution in [0.2, 0.25) is 0 Å². The lowest BCUT2D eigenvalue weighted by Crippen LogP contribution is -2.52. The van der Waals surface area contributed by atoms with Crippen molar-refractivity contribution in [2.45, 2.75) is 38.2 Å². The first kappa shape index (κ1) is 23.7. The van der Waals surface area contributed by atoms with Crippen LogP contribution in [0.4, 0.5) is 19.0 Å². The molecule has 1 amide bonds. The van der Waals surface area contributed by atoms with Gasteiger partial charge in [-0.25, -0.2) is 18.2 Å². The molecule has 1 N–H and O–H groups in total. The summed E-state index contributed by atoms with van der Waals surface area (Å²) in [4.78, 5) is 22.9. The molecule has 34 heavy (non-hydrogen) atoms. The third-order valence-electron chi connectivity index (χ3n) is 5.95. The molecule has 2 aromatic heterocycles. The maximum atomic E-state index is 14.7. The average molecular weight is 470 g/mol. The van der Waals surface area contributed by atoms with E-state index in [0.29, 0.717) is 28.6 Å². The lowest BCUT2D eigenvalue weighted by atomic mass is 9.86. The van der Waals surface area contributed by atoms with Crippen LogP contribution in [0.1, 0.15) is 30.5 Å². The van der Waals surface area contributed by atoms with Crippen molar-refractivity contribution in [2.75, 3.05) is 18.4 Å². The topological polar surface area (TPSA) is 67.4 Å². The van der Waals surface area contributed by atoms with Crippen LogP contribution in [0.5, 0.6) is 11.5 Å². The van der Waals surface area contributed by atoms with E-state index in [2.05, 4.69) is 15.3 Å². The number of nitrogens with zero attached hydrogens (tertiary/aromatic N) is 3. The second-order valence-electron chi connectivity index (χ2n) is 8.39. The Morgan fingerprint density at radius 2 is 1.88 bits per heavy atom. The van der Waals surface area contributed by atoms with Crippen LogP contribution in [0.15, 0.2) is 60.9 Å². The molecule has 1 fully saturated rings. The molecular weight excluding hydrogens is 445 g/mol. The lowest BCUT2D eigenvalue weighted by Gasteiger charge is -2.40. The minimum absolute atomic E-state index is 0.0584. The Hall–Kier alpha value is -3.46. The van der Waals surface area contributed by atoms with Crippen molar-refractivity contribution in [3.05, 3.63) is 78.0 Å². The molecule has 2 atom stereocenters. The van der Waals surface area contributed by atoms with Crippen molar-refractivity contribution in [2.24, 2.45) is 0 Å². The highest BCUT2D eigenvalue weighted by atomic mass is 19.3. The largest absolute Gasteiger partial charge is 0.456 e. The molecule has 3 heterocycles. The van der Waals surface area contributed by atoms with Crippen LogP contribution in [-0.2, 0) is 4.79 Å². The maximum absolute atomic E-state index is 14.7. The number of rotatable bonds is 6. The van der Waals surface area contributed by atoms with Crippen molar-refractivity contribution in [3.63, 3.8) is 0 Å². The standard InChI is InChI=1S/C25H25F3N4O2/c1-16-13-18(9-11-29-16)22-15-32(12-10-25(22,27)28)17(2)24(33)31-23-8-7-21(14-30-23)34-20-5-3-19(26)4-6-20/h3-9,11,13-14,17,22H,10,12,15H2,1-2H3,(H,30,31,33)/t17?,22-/m1/s1. The molecule has 0 radical (unpaired) electrons. The van der Waals surface area contributed by atoms with Gasteiger partial charge in [-0.2, -0.15) is 0 Å². The minimum atomic E-state index is -2.86. The van der Waals surface area contributed by atoms with Crippen molar-refractivity contribution in [1.29, 1.82) is 0 Å². The number of ether oxygens (including phenoxy) is 1. The predicted octanol–water partition coefficient (Wildman–Crippen LogP) is 5.17. The van der Waals surface area contributed by atoms with E-state index in [1.54, 1.807) is 43.0 Å². The summed E-state index contributed by atoms with van der Waals surface area (Å²) in [5.74, 6) is -3.39. The number of hydrogen-bond donors (Lipinski definition) is 1. The molecule has 1 unspecified atom stereocenters. The molecule has 1 saturated heterocycles. The number of aromatic nitrogens is 2. The second-order valence-corrected chi connectivity index (χ2v) is 8.39. The fraction of sp³-hybridized carbons (Fsp3) is 0.320. The smallest absolute Gasteiger partial charge is 0.257 e. The minimum Gasteiger partial charge on any atom is -0.456 e. The first-order valence-electron chi connectivity index (χ1n) is 11.0. The first-order valence-corrected chi connectivity index (χ1v) is 11.0. The van der Waals surface area contributed by atoms with Crippen molar-refractivity contribution in [3.8, 4) is 11.5 Å². The summed E-state index contributed by atoms with van der Waals surface area (Å²) in [5.41, 5.74) is 1.20. The molecule has 1 aliphatic rings. The molecule has 1 aliphatic heterocycles. The number of alkyl halides is 2. The summed E-state index contributed by atoms with van der Waals surface area (Å²) in [7, 11) is 0. The van der Waals surface area contributed by atoms with Gasteiger partial charge in [-0.05, 0) is 67.9 Å². The van der Waals surface area contributed by atoms with Gasteiger partial charge in [0.25, 0.3) is 5.92 Å². The number of halogens is 3. The van der Waals surface area contributed by atoms with E-state index in [4.69, 9.17) is 4.74 Å². The quantitative estimate of drug-likeness (QED) is 0.539. The van der Waals surface area contributed by atoms with Gasteiger partial charge in [-0.1, -0.05) is 0 Å². The van der Waals surface area contributed by atoms with E-state index >= 15 is 0 Å². The Bertz CT molecular complexity index is 1140. The van der Waals surface area contributed by atoms with Crippen LogP contribution >= 0.6 is 0 Å². The predicted molar refractivity (Wildman–Crippen MR) is 122 cm³/mol. The Labute approximate surface area is 195 Å². The van der Waals surface area contributed by atoms with Gasteiger partial charge < -0.3 is 10.1 Å². The van der Waals surface area contributed by atoms with Gasteiger partial charge in [0.1, 0.15) is 23.1 Å². The normalized spacial score (nSPS) is 18.8. The highest BCUT2D eigenvalue weighted by molar-refractivity contribution is 5.93. The zero-order valence-electron chi connectivity index (χ0n) is 18.8. The third kappa shape index (κ3) is 5.53. The van der Waals surface area contributed by atoms with Crippen LogP contribution in [0.3, 0.4) is 0 Å². The molecule has 4 rings (SSSR count). The summed E-state index contributed by atoms with van der Waals surface area (Å²) in [5, 5.41) is 2.73. The highest BCUT2D eigenvalue weighted by Crippen LogP contribution is 2.41. The molecule has 0 spiro atoms. The zero-order chi connectivity index (χ0) is 24.3. The number of aryl methyl sites for hydroxylation is 1. The number of benzene rings is 1. The van der Waals surface area contributed by atoms with Crippen molar-refractivity contribution >= 4 is 11.7 Å². The Morgan fingerprint density at radius 1 is 1.15 bits per heavy atom. The number of pyridine rings is 2. The fourth-order valence-corrected chi connectivity index (χ4v) is 3.96. The Kier molecular flexibility index (Phi) is 6.83. The molecule has 9 heteroatoms. The summed E-state index contributed by atoms with van der Waals surface area (Å²) in [6.45, 7) is 3.63. The van der Waals surface area contributed by atoms with Gasteiger partial charge in [-0.3, -0.25) is 14.7 Å². The van der Waals surface area contributed by atoms with E-state index in [9.17, 15) is 18.0 Å². The molecule has 178 valence electrons. The van der Waals surface area contributed by atoms with Gasteiger partial charge in [0.05, 0.1) is 18.2 Å². The summed E-state index contributed by atoms with van der Waals surface area (Å²) in [6, 6.07) is 11.4. The monoisotopic (exact) mass is 470 g/mol. The molecule has 6 nitrogen and oxygen atoms in total. The maximum Gasteiger partial charge on any atom is 0.257 e. The number of likely N-dealkylation sites (tertiary alicyclic amines) is 1. The zero-order valence-corrected chi connectivity index (χ0v) is 18.8. The Morgan fingerprint density at radius 3 is 2.56 bits per heavy atom. The summed E-state index contributed by atoms with van der Waals surface area (Å²) in [6.07, 6.45) is 2.64. The summed E-state index contributed by atoms with van der Waals surface area (Å²) < 4.78 is 48.0. The molecule has 0 bridgehead atoms. The van der Waals surface area contributed by atoms with Crippen LogP contribution in [0, 0.1) is 12.7 Å². The second kappa shape index (κ2) is 9.80. The third-order valence-corrected chi connectivity index (χ3v) is 5.95. The SMILES string of the molecule is Cc1cc([C@H]2CN(C(C)C(=O)Nc3ccc(Oc4ccc(F)cc4)cn3)CCC2(F)F)ccn1. The van der Waals surface area contributed by atoms with Gasteiger partial charge in [0, 0.05) is 31.4 Å². The van der Waals surface area contributed by atoms with Gasteiger partial charge in [-0.15, -0.1) is 0 Å². The van der Waals surface area contributed by atoms with Crippen molar-refractivity contribution < 1.29 is 22.7 Å². The van der Waals surface area contributed by atoms with Gasteiger partial charge in [0.15, 0.2) is 0 Å². The first-order chi connectivity index (χ1) is 16.2. The van der Waals surface area contributed by atoms with E-state index in [0.717, 1.165) is 0 Å². The summed E-state index contributed by atoms with van der Waals surface area (Å²) >= 11 is 0. The number of piperidine rings is 1. The highest BCUT2D eigenvalue weighted by Gasteiger charge is 2.46. The number of amides is 1. The number of hydrogen-bond acceptors (Lipinski definition) is 5. The van der Waals surface area contributed by atoms with Crippen LogP contribution in [-0.4, -0.2) is 45.8 Å².